The Labute approximate surface area is 211 Å². The van der Waals surface area contributed by atoms with Crippen LogP contribution in [0.2, 0.25) is 0 Å². The zero-order chi connectivity index (χ0) is 26.1. The highest BCUT2D eigenvalue weighted by molar-refractivity contribution is 5.45. The maximum atomic E-state index is 9.58. The van der Waals surface area contributed by atoms with E-state index in [0.29, 0.717) is 30.9 Å². The lowest BCUT2D eigenvalue weighted by atomic mass is 9.79. The van der Waals surface area contributed by atoms with E-state index in [9.17, 15) is 10.2 Å². The van der Waals surface area contributed by atoms with Crippen LogP contribution in [0.3, 0.4) is 0 Å². The van der Waals surface area contributed by atoms with Gasteiger partial charge in [0, 0.05) is 47.3 Å². The van der Waals surface area contributed by atoms with Crippen LogP contribution in [-0.2, 0) is 0 Å². The number of piperidine rings is 2. The van der Waals surface area contributed by atoms with Crippen molar-refractivity contribution in [1.29, 1.82) is 0 Å². The fourth-order valence-corrected chi connectivity index (χ4v) is 6.40. The molecular formula is C25H48N8O2. The van der Waals surface area contributed by atoms with Crippen molar-refractivity contribution in [2.24, 2.45) is 0 Å². The molecule has 35 heavy (non-hydrogen) atoms. The van der Waals surface area contributed by atoms with Crippen molar-refractivity contribution in [3.8, 4) is 0 Å². The second-order valence-electron chi connectivity index (χ2n) is 13.0. The number of aromatic nitrogens is 3. The van der Waals surface area contributed by atoms with Crippen LogP contribution in [0.4, 0.5) is 17.8 Å². The molecular weight excluding hydrogens is 444 g/mol. The van der Waals surface area contributed by atoms with Gasteiger partial charge in [-0.2, -0.15) is 15.0 Å². The lowest BCUT2D eigenvalue weighted by Crippen LogP contribution is -2.60. The molecule has 2 aliphatic rings. The summed E-state index contributed by atoms with van der Waals surface area (Å²) in [5.41, 5.74) is -0.0459. The van der Waals surface area contributed by atoms with Gasteiger partial charge in [0.25, 0.3) is 0 Å². The Kier molecular flexibility index (Phi) is 8.20. The van der Waals surface area contributed by atoms with Gasteiger partial charge in [-0.25, -0.2) is 0 Å². The summed E-state index contributed by atoms with van der Waals surface area (Å²) < 4.78 is 0. The minimum atomic E-state index is -0.0510. The van der Waals surface area contributed by atoms with E-state index >= 15 is 0 Å². The van der Waals surface area contributed by atoms with E-state index in [0.717, 1.165) is 25.7 Å². The Bertz CT molecular complexity index is 762. The quantitative estimate of drug-likeness (QED) is 0.305. The van der Waals surface area contributed by atoms with E-state index in [1.165, 1.54) is 0 Å². The summed E-state index contributed by atoms with van der Waals surface area (Å²) in [6.45, 7) is 18.3. The molecule has 2 fully saturated rings. The minimum Gasteiger partial charge on any atom is -0.395 e. The molecule has 1 aromatic heterocycles. The first-order valence-electron chi connectivity index (χ1n) is 13.0. The number of rotatable bonds is 9. The van der Waals surface area contributed by atoms with Gasteiger partial charge in [0.1, 0.15) is 0 Å². The SMILES string of the molecule is CC1(C)CC(Nc2nc(NC3CC(C)(C)NC(C)(C)C3)nc(N(CCO)CCO)n2)CC(C)(C)N1. The highest BCUT2D eigenvalue weighted by Gasteiger charge is 2.39. The lowest BCUT2D eigenvalue weighted by molar-refractivity contribution is 0.170. The van der Waals surface area contributed by atoms with Crippen molar-refractivity contribution in [2.75, 3.05) is 41.8 Å². The van der Waals surface area contributed by atoms with Crippen LogP contribution in [0.25, 0.3) is 0 Å². The molecule has 0 aliphatic carbocycles. The van der Waals surface area contributed by atoms with E-state index in [2.05, 4.69) is 76.7 Å². The number of aliphatic hydroxyl groups excluding tert-OH is 2. The third-order valence-electron chi connectivity index (χ3n) is 6.69. The molecule has 0 amide bonds. The smallest absolute Gasteiger partial charge is 0.232 e. The third kappa shape index (κ3) is 8.13. The van der Waals surface area contributed by atoms with E-state index < -0.39 is 0 Å². The van der Waals surface area contributed by atoms with Gasteiger partial charge in [0.15, 0.2) is 0 Å². The Morgan fingerprint density at radius 3 is 1.34 bits per heavy atom. The largest absolute Gasteiger partial charge is 0.395 e. The van der Waals surface area contributed by atoms with Gasteiger partial charge in [-0.1, -0.05) is 0 Å². The van der Waals surface area contributed by atoms with Crippen molar-refractivity contribution in [3.63, 3.8) is 0 Å². The van der Waals surface area contributed by atoms with Gasteiger partial charge >= 0.3 is 0 Å². The van der Waals surface area contributed by atoms with Crippen LogP contribution in [0.5, 0.6) is 0 Å². The molecule has 10 nitrogen and oxygen atoms in total. The molecule has 6 N–H and O–H groups in total. The van der Waals surface area contributed by atoms with E-state index in [4.69, 9.17) is 15.0 Å². The predicted octanol–water partition coefficient (Wildman–Crippen LogP) is 2.10. The van der Waals surface area contributed by atoms with Crippen LogP contribution >= 0.6 is 0 Å². The maximum absolute atomic E-state index is 9.58. The topological polar surface area (TPSA) is 130 Å². The summed E-state index contributed by atoms with van der Waals surface area (Å²) in [4.78, 5) is 16.0. The second kappa shape index (κ2) is 10.3. The summed E-state index contributed by atoms with van der Waals surface area (Å²) >= 11 is 0. The van der Waals surface area contributed by atoms with Gasteiger partial charge in [-0.15, -0.1) is 0 Å². The van der Waals surface area contributed by atoms with E-state index in [-0.39, 0.29) is 47.5 Å². The van der Waals surface area contributed by atoms with Gasteiger partial charge < -0.3 is 36.4 Å². The molecule has 0 spiro atoms. The highest BCUT2D eigenvalue weighted by atomic mass is 16.3. The molecule has 2 aliphatic heterocycles. The highest BCUT2D eigenvalue weighted by Crippen LogP contribution is 2.32. The summed E-state index contributed by atoms with van der Waals surface area (Å²) in [6, 6.07) is 0.399. The number of aliphatic hydroxyl groups is 2. The first kappa shape index (κ1) is 27.8. The van der Waals surface area contributed by atoms with Crippen molar-refractivity contribution in [1.82, 2.24) is 25.6 Å². The van der Waals surface area contributed by atoms with E-state index in [1.807, 2.05) is 0 Å². The van der Waals surface area contributed by atoms with Gasteiger partial charge in [0.2, 0.25) is 17.8 Å². The molecule has 0 atom stereocenters. The first-order valence-corrected chi connectivity index (χ1v) is 13.0. The summed E-state index contributed by atoms with van der Waals surface area (Å²) in [6.07, 6.45) is 3.75. The van der Waals surface area contributed by atoms with Crippen LogP contribution in [-0.4, -0.2) is 85.7 Å². The van der Waals surface area contributed by atoms with Gasteiger partial charge in [-0.3, -0.25) is 0 Å². The molecule has 0 unspecified atom stereocenters. The molecule has 200 valence electrons. The number of hydrogen-bond acceptors (Lipinski definition) is 10. The van der Waals surface area contributed by atoms with Crippen LogP contribution in [0, 0.1) is 0 Å². The van der Waals surface area contributed by atoms with Crippen LogP contribution in [0.15, 0.2) is 0 Å². The molecule has 3 heterocycles. The molecule has 2 saturated heterocycles. The Hall–Kier alpha value is -1.75. The molecule has 0 aromatic carbocycles. The average Bonchev–Trinajstić information content (AvgIpc) is 2.62. The Balaban J connectivity index is 1.90. The predicted molar refractivity (Wildman–Crippen MR) is 142 cm³/mol. The summed E-state index contributed by atoms with van der Waals surface area (Å²) in [5.74, 6) is 1.49. The normalized spacial score (nSPS) is 23.6. The Morgan fingerprint density at radius 1 is 0.686 bits per heavy atom. The monoisotopic (exact) mass is 492 g/mol. The Morgan fingerprint density at radius 2 is 1.03 bits per heavy atom. The fourth-order valence-electron chi connectivity index (χ4n) is 6.40. The van der Waals surface area contributed by atoms with Crippen LogP contribution < -0.4 is 26.2 Å². The second-order valence-corrected chi connectivity index (χ2v) is 13.0. The molecule has 0 radical (unpaired) electrons. The van der Waals surface area contributed by atoms with E-state index in [1.54, 1.807) is 4.90 Å². The minimum absolute atomic E-state index is 0.0115. The third-order valence-corrected chi connectivity index (χ3v) is 6.69. The number of anilines is 3. The molecule has 3 rings (SSSR count). The number of hydrogen-bond donors (Lipinski definition) is 6. The molecule has 10 heteroatoms. The van der Waals surface area contributed by atoms with Crippen molar-refractivity contribution in [3.05, 3.63) is 0 Å². The number of nitrogens with zero attached hydrogens (tertiary/aromatic N) is 4. The van der Waals surface area contributed by atoms with Crippen molar-refractivity contribution in [2.45, 2.75) is 115 Å². The van der Waals surface area contributed by atoms with Gasteiger partial charge in [0.05, 0.1) is 13.2 Å². The zero-order valence-corrected chi connectivity index (χ0v) is 23.0. The zero-order valence-electron chi connectivity index (χ0n) is 23.0. The molecule has 1 aromatic rings. The van der Waals surface area contributed by atoms with Crippen molar-refractivity contribution >= 4 is 17.8 Å². The fraction of sp³-hybridized carbons (Fsp3) is 0.880. The van der Waals surface area contributed by atoms with Crippen molar-refractivity contribution < 1.29 is 10.2 Å². The van der Waals surface area contributed by atoms with Crippen LogP contribution in [0.1, 0.15) is 81.1 Å². The number of nitrogens with one attached hydrogen (secondary N) is 4. The lowest BCUT2D eigenvalue weighted by Gasteiger charge is -2.47. The average molecular weight is 493 g/mol. The van der Waals surface area contributed by atoms with Gasteiger partial charge in [-0.05, 0) is 81.1 Å². The standard InChI is InChI=1S/C25H48N8O2/c1-22(2)13-17(14-23(3,4)31-22)26-19-28-20(30-21(29-19)33(9-11-34)10-12-35)27-18-15-24(5,6)32-25(7,8)16-18/h17-18,31-32,34-35H,9-16H2,1-8H3,(H2,26,27,28,29,30). The first-order chi connectivity index (χ1) is 16.1. The molecule has 0 bridgehead atoms. The summed E-state index contributed by atoms with van der Waals surface area (Å²) in [5, 5.41) is 33.7. The summed E-state index contributed by atoms with van der Waals surface area (Å²) in [7, 11) is 0. The molecule has 0 saturated carbocycles. The maximum Gasteiger partial charge on any atom is 0.232 e.